The molecule has 3 rings (SSSR count). The molecule has 0 bridgehead atoms. The van der Waals surface area contributed by atoms with Crippen LogP contribution in [0.15, 0.2) is 36.4 Å². The molecule has 2 aliphatic heterocycles. The van der Waals surface area contributed by atoms with Crippen LogP contribution in [0, 0.1) is 5.92 Å². The number of benzene rings is 1. The molecule has 1 aromatic carbocycles. The highest BCUT2D eigenvalue weighted by Crippen LogP contribution is 2.15. The van der Waals surface area contributed by atoms with E-state index in [1.54, 1.807) is 20.8 Å². The zero-order chi connectivity index (χ0) is 26.9. The lowest BCUT2D eigenvalue weighted by molar-refractivity contribution is -0.137. The summed E-state index contributed by atoms with van der Waals surface area (Å²) in [5.41, 5.74) is 1.83. The molecule has 1 aromatic rings. The first-order chi connectivity index (χ1) is 17.6. The smallest absolute Gasteiger partial charge is 0.253 e. The molecule has 37 heavy (non-hydrogen) atoms. The van der Waals surface area contributed by atoms with Crippen molar-refractivity contribution in [1.29, 1.82) is 0 Å². The molecule has 0 unspecified atom stereocenters. The fourth-order valence-corrected chi connectivity index (χ4v) is 4.33. The number of likely N-dealkylation sites (tertiary alicyclic amines) is 1. The van der Waals surface area contributed by atoms with E-state index in [0.29, 0.717) is 5.69 Å². The molecule has 1 fully saturated rings. The Morgan fingerprint density at radius 3 is 2.08 bits per heavy atom. The Bertz CT molecular complexity index is 1010. The van der Waals surface area contributed by atoms with Gasteiger partial charge in [-0.1, -0.05) is 32.4 Å². The Balaban J connectivity index is 1.46. The number of imide groups is 1. The lowest BCUT2D eigenvalue weighted by Crippen LogP contribution is -2.54. The van der Waals surface area contributed by atoms with Crippen LogP contribution in [-0.4, -0.2) is 71.1 Å². The number of carbonyl (C=O) groups excluding carboxylic acids is 5. The fraction of sp³-hybridized carbons (Fsp3) is 0.519. The van der Waals surface area contributed by atoms with Crippen LogP contribution in [0.4, 0.5) is 5.69 Å². The van der Waals surface area contributed by atoms with Crippen LogP contribution < -0.4 is 16.0 Å². The average Bonchev–Trinajstić information content (AvgIpc) is 3.19. The molecule has 2 heterocycles. The third kappa shape index (κ3) is 8.24. The van der Waals surface area contributed by atoms with E-state index in [0.717, 1.165) is 36.7 Å². The minimum atomic E-state index is -0.875. The molecule has 0 radical (unpaired) electrons. The van der Waals surface area contributed by atoms with Gasteiger partial charge in [-0.25, -0.2) is 0 Å². The Kier molecular flexibility index (Phi) is 9.96. The van der Waals surface area contributed by atoms with Gasteiger partial charge in [0.05, 0.1) is 0 Å². The van der Waals surface area contributed by atoms with Crippen LogP contribution >= 0.6 is 0 Å². The number of nitrogens with one attached hydrogen (secondary N) is 3. The number of nitrogens with zero attached hydrogens (tertiary/aromatic N) is 2. The summed E-state index contributed by atoms with van der Waals surface area (Å²) >= 11 is 0. The van der Waals surface area contributed by atoms with Crippen molar-refractivity contribution in [3.8, 4) is 0 Å². The van der Waals surface area contributed by atoms with Crippen molar-refractivity contribution >= 4 is 35.2 Å². The molecule has 0 spiro atoms. The van der Waals surface area contributed by atoms with E-state index in [9.17, 15) is 24.0 Å². The molecule has 1 saturated heterocycles. The summed E-state index contributed by atoms with van der Waals surface area (Å²) in [7, 11) is 0. The molecule has 0 aromatic heterocycles. The van der Waals surface area contributed by atoms with Gasteiger partial charge in [-0.15, -0.1) is 0 Å². The number of piperidine rings is 1. The molecule has 200 valence electrons. The fourth-order valence-electron chi connectivity index (χ4n) is 4.33. The summed E-state index contributed by atoms with van der Waals surface area (Å²) in [5.74, 6) is -2.51. The molecule has 10 nitrogen and oxygen atoms in total. The Morgan fingerprint density at radius 2 is 1.49 bits per heavy atom. The summed E-state index contributed by atoms with van der Waals surface area (Å²) in [6.07, 6.45) is 5.94. The summed E-state index contributed by atoms with van der Waals surface area (Å²) < 4.78 is 0. The minimum Gasteiger partial charge on any atom is -0.344 e. The van der Waals surface area contributed by atoms with Crippen LogP contribution in [0.3, 0.4) is 0 Å². The lowest BCUT2D eigenvalue weighted by Gasteiger charge is -2.26. The van der Waals surface area contributed by atoms with Gasteiger partial charge in [0.1, 0.15) is 12.1 Å². The molecule has 0 saturated carbocycles. The molecule has 2 aliphatic rings. The first-order valence-electron chi connectivity index (χ1n) is 12.9. The molecular formula is C27H37N5O5. The largest absolute Gasteiger partial charge is 0.344 e. The van der Waals surface area contributed by atoms with E-state index >= 15 is 0 Å². The standard InChI is InChI=1S/C27H37N5O5/c1-18(2)25(30-22(33)13-16-32-23(34)11-12-24(32)35)27(37)28-19(3)26(36)29-21-9-7-20(8-10-21)17-31-14-5-4-6-15-31/h7-12,18-19,25H,4-6,13-17H2,1-3H3,(H,28,37)(H,29,36)(H,30,33)/t19-,25-/m0/s1. The van der Waals surface area contributed by atoms with Crippen LogP contribution in [0.2, 0.25) is 0 Å². The van der Waals surface area contributed by atoms with Crippen molar-refractivity contribution in [2.75, 3.05) is 25.0 Å². The van der Waals surface area contributed by atoms with Gasteiger partial charge in [-0.05, 0) is 56.5 Å². The Labute approximate surface area is 217 Å². The van der Waals surface area contributed by atoms with E-state index in [4.69, 9.17) is 0 Å². The van der Waals surface area contributed by atoms with E-state index in [-0.39, 0.29) is 24.8 Å². The molecule has 2 atom stereocenters. The normalized spacial score (nSPS) is 17.6. The number of hydrogen-bond acceptors (Lipinski definition) is 6. The van der Waals surface area contributed by atoms with Gasteiger partial charge in [0, 0.05) is 37.3 Å². The number of hydrogen-bond donors (Lipinski definition) is 3. The van der Waals surface area contributed by atoms with Crippen molar-refractivity contribution in [3.05, 3.63) is 42.0 Å². The monoisotopic (exact) mass is 511 g/mol. The topological polar surface area (TPSA) is 128 Å². The van der Waals surface area contributed by atoms with Crippen molar-refractivity contribution < 1.29 is 24.0 Å². The van der Waals surface area contributed by atoms with Crippen molar-refractivity contribution in [2.24, 2.45) is 5.92 Å². The zero-order valence-electron chi connectivity index (χ0n) is 21.8. The summed E-state index contributed by atoms with van der Waals surface area (Å²) in [6.45, 7) is 8.18. The lowest BCUT2D eigenvalue weighted by atomic mass is 10.0. The quantitative estimate of drug-likeness (QED) is 0.387. The van der Waals surface area contributed by atoms with Gasteiger partial charge in [-0.2, -0.15) is 0 Å². The van der Waals surface area contributed by atoms with E-state index in [1.165, 1.54) is 24.8 Å². The van der Waals surface area contributed by atoms with Gasteiger partial charge in [0.2, 0.25) is 17.7 Å². The first kappa shape index (κ1) is 28.0. The highest BCUT2D eigenvalue weighted by atomic mass is 16.2. The van der Waals surface area contributed by atoms with Crippen LogP contribution in [0.1, 0.15) is 52.0 Å². The van der Waals surface area contributed by atoms with Crippen LogP contribution in [0.25, 0.3) is 0 Å². The van der Waals surface area contributed by atoms with Crippen LogP contribution in [-0.2, 0) is 30.5 Å². The average molecular weight is 512 g/mol. The molecular weight excluding hydrogens is 474 g/mol. The summed E-state index contributed by atoms with van der Waals surface area (Å²) in [4.78, 5) is 64.6. The van der Waals surface area contributed by atoms with E-state index in [2.05, 4.69) is 20.9 Å². The number of amides is 5. The molecule has 3 N–H and O–H groups in total. The van der Waals surface area contributed by atoms with Gasteiger partial charge < -0.3 is 16.0 Å². The number of carbonyl (C=O) groups is 5. The predicted octanol–water partition coefficient (Wildman–Crippen LogP) is 1.57. The number of anilines is 1. The Hall–Kier alpha value is -3.53. The zero-order valence-corrected chi connectivity index (χ0v) is 21.8. The summed E-state index contributed by atoms with van der Waals surface area (Å²) in [6, 6.07) is 6.00. The maximum atomic E-state index is 12.8. The predicted molar refractivity (Wildman–Crippen MR) is 139 cm³/mol. The minimum absolute atomic E-state index is 0.0709. The SMILES string of the molecule is CC(C)[C@H](NC(=O)CCN1C(=O)C=CC1=O)C(=O)N[C@@H](C)C(=O)Nc1ccc(CN2CCCCC2)cc1. The second-order valence-electron chi connectivity index (χ2n) is 9.95. The third-order valence-electron chi connectivity index (χ3n) is 6.56. The second kappa shape index (κ2) is 13.1. The van der Waals surface area contributed by atoms with Gasteiger partial charge in [0.15, 0.2) is 0 Å². The van der Waals surface area contributed by atoms with Crippen molar-refractivity contribution in [2.45, 2.75) is 65.1 Å². The van der Waals surface area contributed by atoms with Gasteiger partial charge in [0.25, 0.3) is 11.8 Å². The number of rotatable bonds is 11. The Morgan fingerprint density at radius 1 is 0.865 bits per heavy atom. The second-order valence-corrected chi connectivity index (χ2v) is 9.95. The maximum Gasteiger partial charge on any atom is 0.253 e. The molecule has 5 amide bonds. The molecule has 0 aliphatic carbocycles. The van der Waals surface area contributed by atoms with Gasteiger partial charge in [-0.3, -0.25) is 33.8 Å². The van der Waals surface area contributed by atoms with Crippen LogP contribution in [0.5, 0.6) is 0 Å². The highest BCUT2D eigenvalue weighted by Gasteiger charge is 2.28. The maximum absolute atomic E-state index is 12.8. The van der Waals surface area contributed by atoms with Crippen molar-refractivity contribution in [3.63, 3.8) is 0 Å². The van der Waals surface area contributed by atoms with E-state index < -0.39 is 35.7 Å². The van der Waals surface area contributed by atoms with Gasteiger partial charge >= 0.3 is 0 Å². The van der Waals surface area contributed by atoms with Crippen molar-refractivity contribution in [1.82, 2.24) is 20.4 Å². The molecule has 10 heteroatoms. The van der Waals surface area contributed by atoms with E-state index in [1.807, 2.05) is 24.3 Å². The summed E-state index contributed by atoms with van der Waals surface area (Å²) in [5, 5.41) is 8.13. The third-order valence-corrected chi connectivity index (χ3v) is 6.56. The highest BCUT2D eigenvalue weighted by molar-refractivity contribution is 6.13. The first-order valence-corrected chi connectivity index (χ1v) is 12.9.